The van der Waals surface area contributed by atoms with E-state index in [0.717, 1.165) is 42.1 Å². The van der Waals surface area contributed by atoms with Gasteiger partial charge >= 0.3 is 0 Å². The lowest BCUT2D eigenvalue weighted by Crippen LogP contribution is -2.33. The minimum Gasteiger partial charge on any atom is -0.457 e. The van der Waals surface area contributed by atoms with Crippen molar-refractivity contribution in [2.24, 2.45) is 0 Å². The van der Waals surface area contributed by atoms with Crippen LogP contribution in [0.1, 0.15) is 25.3 Å². The molecule has 0 heterocycles. The molecule has 138 valence electrons. The van der Waals surface area contributed by atoms with Gasteiger partial charge in [0.15, 0.2) is 0 Å². The quantitative estimate of drug-likeness (QED) is 0.504. The summed E-state index contributed by atoms with van der Waals surface area (Å²) >= 11 is 0. The Morgan fingerprint density at radius 1 is 0.815 bits per heavy atom. The number of hydrogen-bond donors (Lipinski definition) is 0. The molecule has 0 unspecified atom stereocenters. The minimum atomic E-state index is 0.117. The average Bonchev–Trinajstić information content (AvgIpc) is 2.71. The first kappa shape index (κ1) is 18.7. The van der Waals surface area contributed by atoms with Gasteiger partial charge in [-0.2, -0.15) is 0 Å². The van der Waals surface area contributed by atoms with Crippen LogP contribution in [0.15, 0.2) is 84.9 Å². The highest BCUT2D eigenvalue weighted by Crippen LogP contribution is 2.25. The molecule has 0 aliphatic heterocycles. The van der Waals surface area contributed by atoms with Crippen LogP contribution in [0.4, 0.5) is 5.69 Å². The van der Waals surface area contributed by atoms with E-state index < -0.39 is 0 Å². The van der Waals surface area contributed by atoms with Crippen LogP contribution >= 0.6 is 0 Å². The van der Waals surface area contributed by atoms with Gasteiger partial charge in [-0.15, -0.1) is 0 Å². The molecule has 1 amide bonds. The molecule has 0 aromatic heterocycles. The van der Waals surface area contributed by atoms with Crippen molar-refractivity contribution in [2.45, 2.75) is 26.2 Å². The predicted octanol–water partition coefficient (Wildman–Crippen LogP) is 5.85. The van der Waals surface area contributed by atoms with Gasteiger partial charge in [-0.05, 0) is 48.4 Å². The van der Waals surface area contributed by atoms with E-state index in [-0.39, 0.29) is 5.91 Å². The molecule has 0 fully saturated rings. The van der Waals surface area contributed by atoms with Crippen LogP contribution in [0.5, 0.6) is 11.5 Å². The molecule has 3 rings (SSSR count). The zero-order valence-corrected chi connectivity index (χ0v) is 15.7. The third-order valence-electron chi connectivity index (χ3n) is 4.36. The number of hydrogen-bond acceptors (Lipinski definition) is 2. The summed E-state index contributed by atoms with van der Waals surface area (Å²) in [5.74, 6) is 1.68. The molecule has 0 atom stereocenters. The Kier molecular flexibility index (Phi) is 6.64. The molecule has 0 bridgehead atoms. The van der Waals surface area contributed by atoms with Gasteiger partial charge in [-0.25, -0.2) is 0 Å². The Bertz CT molecular complexity index is 829. The molecular weight excluding hydrogens is 334 g/mol. The van der Waals surface area contributed by atoms with Crippen molar-refractivity contribution in [1.82, 2.24) is 0 Å². The van der Waals surface area contributed by atoms with Gasteiger partial charge in [0.05, 0.1) is 6.42 Å². The zero-order valence-electron chi connectivity index (χ0n) is 15.7. The van der Waals surface area contributed by atoms with Gasteiger partial charge < -0.3 is 9.64 Å². The first-order valence-electron chi connectivity index (χ1n) is 9.43. The third kappa shape index (κ3) is 5.45. The van der Waals surface area contributed by atoms with Gasteiger partial charge in [0.1, 0.15) is 11.5 Å². The second kappa shape index (κ2) is 9.58. The maximum Gasteiger partial charge on any atom is 0.231 e. The van der Waals surface area contributed by atoms with Crippen LogP contribution < -0.4 is 9.64 Å². The van der Waals surface area contributed by atoms with E-state index >= 15 is 0 Å². The first-order chi connectivity index (χ1) is 13.3. The van der Waals surface area contributed by atoms with Crippen molar-refractivity contribution in [3.8, 4) is 11.5 Å². The summed E-state index contributed by atoms with van der Waals surface area (Å²) in [5.41, 5.74) is 1.94. The summed E-state index contributed by atoms with van der Waals surface area (Å²) in [7, 11) is 0. The topological polar surface area (TPSA) is 29.5 Å². The van der Waals surface area contributed by atoms with E-state index in [4.69, 9.17) is 4.74 Å². The van der Waals surface area contributed by atoms with E-state index in [1.165, 1.54) is 0 Å². The smallest absolute Gasteiger partial charge is 0.231 e. The lowest BCUT2D eigenvalue weighted by molar-refractivity contribution is -0.118. The van der Waals surface area contributed by atoms with Crippen LogP contribution in [0.25, 0.3) is 0 Å². The van der Waals surface area contributed by atoms with Gasteiger partial charge in [0.25, 0.3) is 0 Å². The molecule has 27 heavy (non-hydrogen) atoms. The second-order valence-corrected chi connectivity index (χ2v) is 6.47. The highest BCUT2D eigenvalue weighted by atomic mass is 16.5. The number of amides is 1. The lowest BCUT2D eigenvalue weighted by Gasteiger charge is -2.23. The standard InChI is InChI=1S/C24H25NO2/c1-2-3-18-25(24(26)19-20-10-6-4-7-11-20)21-14-16-23(17-15-21)27-22-12-8-5-9-13-22/h4-17H,2-3,18-19H2,1H3. The van der Waals surface area contributed by atoms with Crippen molar-refractivity contribution < 1.29 is 9.53 Å². The fraction of sp³-hybridized carbons (Fsp3) is 0.208. The summed E-state index contributed by atoms with van der Waals surface area (Å²) in [4.78, 5) is 14.8. The Morgan fingerprint density at radius 2 is 1.41 bits per heavy atom. The predicted molar refractivity (Wildman–Crippen MR) is 110 cm³/mol. The molecule has 0 spiro atoms. The van der Waals surface area contributed by atoms with Gasteiger partial charge in [-0.1, -0.05) is 61.9 Å². The maximum atomic E-state index is 12.9. The van der Waals surface area contributed by atoms with E-state index in [1.54, 1.807) is 0 Å². The monoisotopic (exact) mass is 359 g/mol. The minimum absolute atomic E-state index is 0.117. The van der Waals surface area contributed by atoms with Crippen LogP contribution in [0, 0.1) is 0 Å². The van der Waals surface area contributed by atoms with Crippen LogP contribution in [-0.2, 0) is 11.2 Å². The van der Waals surface area contributed by atoms with E-state index in [1.807, 2.05) is 89.8 Å². The summed E-state index contributed by atoms with van der Waals surface area (Å²) in [6.45, 7) is 2.86. The highest BCUT2D eigenvalue weighted by Gasteiger charge is 2.16. The Hall–Kier alpha value is -3.07. The summed E-state index contributed by atoms with van der Waals surface area (Å²) in [6.07, 6.45) is 2.43. The average molecular weight is 359 g/mol. The van der Waals surface area contributed by atoms with E-state index in [9.17, 15) is 4.79 Å². The first-order valence-corrected chi connectivity index (χ1v) is 9.43. The molecule has 3 heteroatoms. The number of carbonyl (C=O) groups excluding carboxylic acids is 1. The van der Waals surface area contributed by atoms with Crippen molar-refractivity contribution in [2.75, 3.05) is 11.4 Å². The van der Waals surface area contributed by atoms with Crippen molar-refractivity contribution in [3.05, 3.63) is 90.5 Å². The van der Waals surface area contributed by atoms with E-state index in [2.05, 4.69) is 6.92 Å². The fourth-order valence-electron chi connectivity index (χ4n) is 2.90. The molecule has 3 nitrogen and oxygen atoms in total. The molecule has 0 aliphatic carbocycles. The Balaban J connectivity index is 1.73. The molecule has 0 radical (unpaired) electrons. The van der Waals surface area contributed by atoms with Gasteiger partial charge in [0, 0.05) is 12.2 Å². The number of anilines is 1. The molecule has 0 aliphatic rings. The second-order valence-electron chi connectivity index (χ2n) is 6.47. The lowest BCUT2D eigenvalue weighted by atomic mass is 10.1. The SMILES string of the molecule is CCCCN(C(=O)Cc1ccccc1)c1ccc(Oc2ccccc2)cc1. The van der Waals surface area contributed by atoms with Crippen LogP contribution in [0.2, 0.25) is 0 Å². The van der Waals surface area contributed by atoms with Gasteiger partial charge in [0.2, 0.25) is 5.91 Å². The molecule has 3 aromatic rings. The van der Waals surface area contributed by atoms with Crippen LogP contribution in [-0.4, -0.2) is 12.5 Å². The Labute approximate surface area is 161 Å². The number of carbonyl (C=O) groups is 1. The molecule has 3 aromatic carbocycles. The van der Waals surface area contributed by atoms with Crippen LogP contribution in [0.3, 0.4) is 0 Å². The number of para-hydroxylation sites is 1. The highest BCUT2D eigenvalue weighted by molar-refractivity contribution is 5.94. The normalized spacial score (nSPS) is 10.4. The summed E-state index contributed by atoms with van der Waals surface area (Å²) in [5, 5.41) is 0. The number of ether oxygens (including phenoxy) is 1. The largest absolute Gasteiger partial charge is 0.457 e. The van der Waals surface area contributed by atoms with Crippen molar-refractivity contribution in [1.29, 1.82) is 0 Å². The zero-order chi connectivity index (χ0) is 18.9. The van der Waals surface area contributed by atoms with Crippen molar-refractivity contribution in [3.63, 3.8) is 0 Å². The molecule has 0 saturated heterocycles. The molecule has 0 saturated carbocycles. The van der Waals surface area contributed by atoms with E-state index in [0.29, 0.717) is 6.42 Å². The van der Waals surface area contributed by atoms with Crippen molar-refractivity contribution >= 4 is 11.6 Å². The fourth-order valence-corrected chi connectivity index (χ4v) is 2.90. The summed E-state index contributed by atoms with van der Waals surface area (Å²) in [6, 6.07) is 27.3. The molecular formula is C24H25NO2. The third-order valence-corrected chi connectivity index (χ3v) is 4.36. The number of benzene rings is 3. The number of unbranched alkanes of at least 4 members (excludes halogenated alkanes) is 1. The van der Waals surface area contributed by atoms with Gasteiger partial charge in [-0.3, -0.25) is 4.79 Å². The maximum absolute atomic E-state index is 12.9. The molecule has 0 N–H and O–H groups in total. The Morgan fingerprint density at radius 3 is 2.04 bits per heavy atom. The number of rotatable bonds is 8. The summed E-state index contributed by atoms with van der Waals surface area (Å²) < 4.78 is 5.85. The number of nitrogens with zero attached hydrogens (tertiary/aromatic N) is 1.